The van der Waals surface area contributed by atoms with E-state index >= 15 is 0 Å². The first kappa shape index (κ1) is 23.7. The van der Waals surface area contributed by atoms with Crippen LogP contribution in [-0.4, -0.2) is 35.3 Å². The Balaban J connectivity index is 1.52. The van der Waals surface area contributed by atoms with Gasteiger partial charge in [0.05, 0.1) is 16.7 Å². The second kappa shape index (κ2) is 10.3. The lowest BCUT2D eigenvalue weighted by atomic mass is 10.1. The van der Waals surface area contributed by atoms with Crippen LogP contribution in [0.2, 0.25) is 0 Å². The number of ether oxygens (including phenoxy) is 3. The number of rotatable bonds is 6. The highest BCUT2D eigenvalue weighted by Crippen LogP contribution is 2.33. The Hall–Kier alpha value is -4.40. The van der Waals surface area contributed by atoms with E-state index in [-0.39, 0.29) is 18.7 Å². The van der Waals surface area contributed by atoms with E-state index in [1.807, 2.05) is 50.3 Å². The standard InChI is InChI=1S/C27H23N3O5/c1-17-3-7-20(8-4-17)26(31)33-16-24-23(35-27(32)21-9-5-18(2)6-10-21)12-25(34-24)30-15-19(13-28)11-22(30)14-29/h3-11,15,23-25H,12,16H2,1-2H3. The largest absolute Gasteiger partial charge is 0.459 e. The van der Waals surface area contributed by atoms with Crippen LogP contribution < -0.4 is 0 Å². The van der Waals surface area contributed by atoms with E-state index in [9.17, 15) is 20.1 Å². The third-order valence-electron chi connectivity index (χ3n) is 5.79. The zero-order valence-corrected chi connectivity index (χ0v) is 19.3. The Morgan fingerprint density at radius 1 is 0.971 bits per heavy atom. The van der Waals surface area contributed by atoms with Crippen LogP contribution in [0.5, 0.6) is 0 Å². The minimum atomic E-state index is -0.761. The molecule has 0 aliphatic carbocycles. The quantitative estimate of drug-likeness (QED) is 0.497. The van der Waals surface area contributed by atoms with Gasteiger partial charge in [0.15, 0.2) is 0 Å². The molecule has 1 aromatic heterocycles. The van der Waals surface area contributed by atoms with Crippen LogP contribution in [0.1, 0.15) is 55.7 Å². The molecule has 3 aromatic rings. The van der Waals surface area contributed by atoms with E-state index in [2.05, 4.69) is 0 Å². The van der Waals surface area contributed by atoms with Crippen molar-refractivity contribution in [1.82, 2.24) is 4.57 Å². The highest BCUT2D eigenvalue weighted by Gasteiger charge is 2.40. The van der Waals surface area contributed by atoms with Crippen molar-refractivity contribution in [2.75, 3.05) is 6.61 Å². The van der Waals surface area contributed by atoms with Crippen molar-refractivity contribution in [2.24, 2.45) is 0 Å². The molecule has 8 heteroatoms. The SMILES string of the molecule is Cc1ccc(C(=O)OCC2OC(n3cc(C#N)cc3C#N)CC2OC(=O)c2ccc(C)cc2)cc1. The fourth-order valence-corrected chi connectivity index (χ4v) is 3.84. The lowest BCUT2D eigenvalue weighted by Crippen LogP contribution is -2.32. The summed E-state index contributed by atoms with van der Waals surface area (Å²) in [7, 11) is 0. The number of carbonyl (C=O) groups is 2. The van der Waals surface area contributed by atoms with Crippen LogP contribution in [-0.2, 0) is 14.2 Å². The molecule has 176 valence electrons. The third kappa shape index (κ3) is 5.40. The molecule has 0 N–H and O–H groups in total. The summed E-state index contributed by atoms with van der Waals surface area (Å²) in [6, 6.07) is 19.5. The molecule has 3 unspecified atom stereocenters. The van der Waals surface area contributed by atoms with Gasteiger partial charge in [-0.1, -0.05) is 35.4 Å². The molecule has 3 atom stereocenters. The summed E-state index contributed by atoms with van der Waals surface area (Å²) in [6.07, 6.45) is -0.436. The Labute approximate surface area is 202 Å². The predicted molar refractivity (Wildman–Crippen MR) is 124 cm³/mol. The first-order valence-corrected chi connectivity index (χ1v) is 11.1. The van der Waals surface area contributed by atoms with Gasteiger partial charge in [-0.25, -0.2) is 9.59 Å². The van der Waals surface area contributed by atoms with E-state index < -0.39 is 30.4 Å². The molecule has 1 aliphatic heterocycles. The maximum Gasteiger partial charge on any atom is 0.338 e. The molecule has 1 aliphatic rings. The minimum Gasteiger partial charge on any atom is -0.459 e. The van der Waals surface area contributed by atoms with Crippen LogP contribution in [0.25, 0.3) is 0 Å². The molecule has 0 amide bonds. The molecule has 8 nitrogen and oxygen atoms in total. The summed E-state index contributed by atoms with van der Waals surface area (Å²) >= 11 is 0. The van der Waals surface area contributed by atoms with Crippen LogP contribution in [0.15, 0.2) is 60.8 Å². The summed E-state index contributed by atoms with van der Waals surface area (Å²) in [6.45, 7) is 3.69. The van der Waals surface area contributed by atoms with Crippen molar-refractivity contribution in [3.8, 4) is 12.1 Å². The van der Waals surface area contributed by atoms with Crippen molar-refractivity contribution >= 4 is 11.9 Å². The second-order valence-corrected chi connectivity index (χ2v) is 8.38. The lowest BCUT2D eigenvalue weighted by molar-refractivity contribution is -0.0572. The zero-order valence-electron chi connectivity index (χ0n) is 19.3. The summed E-state index contributed by atoms with van der Waals surface area (Å²) in [5.74, 6) is -1.05. The van der Waals surface area contributed by atoms with Gasteiger partial charge in [0.25, 0.3) is 0 Å². The molecule has 4 rings (SSSR count). The van der Waals surface area contributed by atoms with Crippen LogP contribution in [0.3, 0.4) is 0 Å². The van der Waals surface area contributed by atoms with Crippen molar-refractivity contribution < 1.29 is 23.8 Å². The molecule has 35 heavy (non-hydrogen) atoms. The Morgan fingerprint density at radius 3 is 2.14 bits per heavy atom. The number of benzene rings is 2. The van der Waals surface area contributed by atoms with Gasteiger partial charge in [-0.05, 0) is 44.2 Å². The number of carbonyl (C=O) groups excluding carboxylic acids is 2. The fraction of sp³-hybridized carbons (Fsp3) is 0.259. The average Bonchev–Trinajstić information content (AvgIpc) is 3.47. The van der Waals surface area contributed by atoms with Gasteiger partial charge in [-0.15, -0.1) is 0 Å². The monoisotopic (exact) mass is 469 g/mol. The summed E-state index contributed by atoms with van der Waals surface area (Å²) in [5.41, 5.74) is 3.37. The number of nitriles is 2. The summed E-state index contributed by atoms with van der Waals surface area (Å²) in [4.78, 5) is 25.3. The van der Waals surface area contributed by atoms with Gasteiger partial charge >= 0.3 is 11.9 Å². The van der Waals surface area contributed by atoms with E-state index in [1.165, 1.54) is 16.8 Å². The lowest BCUT2D eigenvalue weighted by Gasteiger charge is -2.19. The van der Waals surface area contributed by atoms with Crippen molar-refractivity contribution in [3.63, 3.8) is 0 Å². The Kier molecular flexibility index (Phi) is 6.96. The van der Waals surface area contributed by atoms with E-state index in [1.54, 1.807) is 24.3 Å². The molecule has 1 saturated heterocycles. The minimum absolute atomic E-state index is 0.149. The van der Waals surface area contributed by atoms with E-state index in [4.69, 9.17) is 14.2 Å². The topological polar surface area (TPSA) is 114 Å². The third-order valence-corrected chi connectivity index (χ3v) is 5.79. The summed E-state index contributed by atoms with van der Waals surface area (Å²) in [5, 5.41) is 18.7. The van der Waals surface area contributed by atoms with Gasteiger partial charge in [0, 0.05) is 12.6 Å². The van der Waals surface area contributed by atoms with E-state index in [0.717, 1.165) is 11.1 Å². The van der Waals surface area contributed by atoms with Crippen molar-refractivity contribution in [2.45, 2.75) is 38.7 Å². The van der Waals surface area contributed by atoms with Gasteiger partial charge in [-0.2, -0.15) is 10.5 Å². The number of aromatic nitrogens is 1. The molecule has 2 heterocycles. The number of nitrogens with zero attached hydrogens (tertiary/aromatic N) is 3. The predicted octanol–water partition coefficient (Wildman–Crippen LogP) is 4.22. The van der Waals surface area contributed by atoms with E-state index in [0.29, 0.717) is 16.7 Å². The maximum atomic E-state index is 12.8. The first-order valence-electron chi connectivity index (χ1n) is 11.1. The number of esters is 2. The number of hydrogen-bond donors (Lipinski definition) is 0. The molecule has 0 radical (unpaired) electrons. The normalized spacial score (nSPS) is 18.9. The maximum absolute atomic E-state index is 12.8. The first-order chi connectivity index (χ1) is 16.9. The molecule has 0 spiro atoms. The fourth-order valence-electron chi connectivity index (χ4n) is 3.84. The Morgan fingerprint density at radius 2 is 1.57 bits per heavy atom. The molecule has 0 bridgehead atoms. The van der Waals surface area contributed by atoms with Crippen molar-refractivity contribution in [1.29, 1.82) is 10.5 Å². The number of aryl methyl sites for hydroxylation is 2. The molecule has 1 fully saturated rings. The van der Waals surface area contributed by atoms with Gasteiger partial charge in [0.2, 0.25) is 0 Å². The Bertz CT molecular complexity index is 1310. The van der Waals surface area contributed by atoms with Gasteiger partial charge in [0.1, 0.15) is 42.9 Å². The summed E-state index contributed by atoms with van der Waals surface area (Å²) < 4.78 is 18.8. The van der Waals surface area contributed by atoms with Crippen LogP contribution >= 0.6 is 0 Å². The zero-order chi connectivity index (χ0) is 24.9. The number of hydrogen-bond acceptors (Lipinski definition) is 7. The highest BCUT2D eigenvalue weighted by molar-refractivity contribution is 5.90. The molecular weight excluding hydrogens is 446 g/mol. The van der Waals surface area contributed by atoms with Crippen LogP contribution in [0.4, 0.5) is 0 Å². The molecular formula is C27H23N3O5. The highest BCUT2D eigenvalue weighted by atomic mass is 16.6. The second-order valence-electron chi connectivity index (χ2n) is 8.38. The smallest absolute Gasteiger partial charge is 0.338 e. The van der Waals surface area contributed by atoms with Crippen LogP contribution in [0, 0.1) is 36.5 Å². The van der Waals surface area contributed by atoms with Gasteiger partial charge in [-0.3, -0.25) is 0 Å². The molecule has 2 aromatic carbocycles. The van der Waals surface area contributed by atoms with Gasteiger partial charge < -0.3 is 18.8 Å². The average molecular weight is 469 g/mol. The van der Waals surface area contributed by atoms with Crippen molar-refractivity contribution in [3.05, 3.63) is 94.3 Å². The molecule has 0 saturated carbocycles.